The maximum atomic E-state index is 12.4. The van der Waals surface area contributed by atoms with Gasteiger partial charge >= 0.3 is 0 Å². The Morgan fingerprint density at radius 3 is 2.95 bits per heavy atom. The van der Waals surface area contributed by atoms with Crippen LogP contribution in [0.2, 0.25) is 0 Å². The van der Waals surface area contributed by atoms with E-state index in [0.717, 1.165) is 43.7 Å². The summed E-state index contributed by atoms with van der Waals surface area (Å²) < 4.78 is 5.60. The van der Waals surface area contributed by atoms with Crippen molar-refractivity contribution in [3.8, 4) is 5.75 Å². The fourth-order valence-corrected chi connectivity index (χ4v) is 2.89. The largest absolute Gasteiger partial charge is 0.493 e. The van der Waals surface area contributed by atoms with E-state index in [9.17, 15) is 4.79 Å². The number of benzene rings is 1. The number of nitrogens with one attached hydrogen (secondary N) is 2. The third-order valence-corrected chi connectivity index (χ3v) is 3.92. The highest BCUT2D eigenvalue weighted by Gasteiger charge is 2.28. The first-order valence-corrected chi connectivity index (χ1v) is 7.07. The molecule has 1 aromatic rings. The quantitative estimate of drug-likeness (QED) is 0.876. The second-order valence-corrected chi connectivity index (χ2v) is 5.28. The summed E-state index contributed by atoms with van der Waals surface area (Å²) in [4.78, 5) is 12.4. The van der Waals surface area contributed by atoms with Crippen molar-refractivity contribution in [2.75, 3.05) is 19.7 Å². The summed E-state index contributed by atoms with van der Waals surface area (Å²) in [5.41, 5.74) is 1.02. The van der Waals surface area contributed by atoms with Crippen molar-refractivity contribution >= 4 is 18.3 Å². The van der Waals surface area contributed by atoms with Crippen LogP contribution in [0.15, 0.2) is 24.3 Å². The Kier molecular flexibility index (Phi) is 5.26. The average Bonchev–Trinajstić information content (AvgIpc) is 2.47. The third kappa shape index (κ3) is 3.25. The van der Waals surface area contributed by atoms with Gasteiger partial charge in [0.15, 0.2) is 0 Å². The monoisotopic (exact) mass is 296 g/mol. The number of piperidine rings is 1. The number of carbonyl (C=O) groups excluding carboxylic acids is 1. The number of hydrogen-bond donors (Lipinski definition) is 2. The number of para-hydroxylation sites is 1. The van der Waals surface area contributed by atoms with E-state index in [1.54, 1.807) is 0 Å². The van der Waals surface area contributed by atoms with Gasteiger partial charge < -0.3 is 15.4 Å². The van der Waals surface area contributed by atoms with Crippen LogP contribution in [0.1, 0.15) is 30.7 Å². The van der Waals surface area contributed by atoms with E-state index >= 15 is 0 Å². The summed E-state index contributed by atoms with van der Waals surface area (Å²) in [5.74, 6) is 0.937. The molecule has 0 spiro atoms. The van der Waals surface area contributed by atoms with Crippen molar-refractivity contribution in [1.82, 2.24) is 10.6 Å². The molecule has 2 atom stereocenters. The number of amides is 1. The molecule has 0 aromatic heterocycles. The Morgan fingerprint density at radius 2 is 2.15 bits per heavy atom. The van der Waals surface area contributed by atoms with Gasteiger partial charge in [0.25, 0.3) is 0 Å². The van der Waals surface area contributed by atoms with Crippen LogP contribution in [0.5, 0.6) is 5.75 Å². The van der Waals surface area contributed by atoms with E-state index in [1.807, 2.05) is 24.3 Å². The first-order chi connectivity index (χ1) is 9.34. The van der Waals surface area contributed by atoms with E-state index in [1.165, 1.54) is 0 Å². The number of rotatable bonds is 2. The average molecular weight is 297 g/mol. The number of hydrogen-bond acceptors (Lipinski definition) is 3. The van der Waals surface area contributed by atoms with Gasteiger partial charge in [0.05, 0.1) is 12.5 Å². The Bertz CT molecular complexity index is 461. The van der Waals surface area contributed by atoms with Gasteiger partial charge in [0, 0.05) is 18.2 Å². The highest BCUT2D eigenvalue weighted by atomic mass is 35.5. The van der Waals surface area contributed by atoms with Crippen LogP contribution in [-0.4, -0.2) is 31.6 Å². The van der Waals surface area contributed by atoms with Crippen molar-refractivity contribution in [3.05, 3.63) is 29.8 Å². The second kappa shape index (κ2) is 6.95. The van der Waals surface area contributed by atoms with Crippen LogP contribution in [-0.2, 0) is 4.79 Å². The minimum Gasteiger partial charge on any atom is -0.493 e. The normalized spacial score (nSPS) is 24.8. The molecule has 2 unspecified atom stereocenters. The highest BCUT2D eigenvalue weighted by molar-refractivity contribution is 5.85. The molecule has 2 heterocycles. The molecule has 0 aliphatic carbocycles. The van der Waals surface area contributed by atoms with Crippen LogP contribution in [0.3, 0.4) is 0 Å². The van der Waals surface area contributed by atoms with Gasteiger partial charge in [-0.2, -0.15) is 0 Å². The summed E-state index contributed by atoms with van der Waals surface area (Å²) in [7, 11) is 0. The zero-order valence-electron chi connectivity index (χ0n) is 11.4. The van der Waals surface area contributed by atoms with Crippen LogP contribution < -0.4 is 15.4 Å². The maximum absolute atomic E-state index is 12.4. The highest BCUT2D eigenvalue weighted by Crippen LogP contribution is 2.33. The smallest absolute Gasteiger partial charge is 0.228 e. The van der Waals surface area contributed by atoms with E-state index in [-0.39, 0.29) is 30.3 Å². The van der Waals surface area contributed by atoms with Crippen LogP contribution in [0, 0.1) is 0 Å². The fourth-order valence-electron chi connectivity index (χ4n) is 2.89. The van der Waals surface area contributed by atoms with E-state index in [0.29, 0.717) is 6.61 Å². The molecular weight excluding hydrogens is 276 g/mol. The lowest BCUT2D eigenvalue weighted by atomic mass is 9.92. The van der Waals surface area contributed by atoms with Crippen molar-refractivity contribution in [2.45, 2.75) is 31.2 Å². The summed E-state index contributed by atoms with van der Waals surface area (Å²) >= 11 is 0. The second-order valence-electron chi connectivity index (χ2n) is 5.28. The molecule has 0 bridgehead atoms. The van der Waals surface area contributed by atoms with Crippen molar-refractivity contribution in [2.24, 2.45) is 0 Å². The molecule has 2 aliphatic heterocycles. The van der Waals surface area contributed by atoms with Crippen LogP contribution in [0.25, 0.3) is 0 Å². The fraction of sp³-hybridized carbons (Fsp3) is 0.533. The van der Waals surface area contributed by atoms with E-state index in [2.05, 4.69) is 10.6 Å². The Morgan fingerprint density at radius 1 is 1.30 bits per heavy atom. The summed E-state index contributed by atoms with van der Waals surface area (Å²) in [6.07, 6.45) is 2.97. The lowest BCUT2D eigenvalue weighted by Crippen LogP contribution is -2.47. The molecule has 1 fully saturated rings. The molecule has 1 amide bonds. The van der Waals surface area contributed by atoms with Crippen LogP contribution >= 0.6 is 12.4 Å². The van der Waals surface area contributed by atoms with Gasteiger partial charge in [0.2, 0.25) is 5.91 Å². The van der Waals surface area contributed by atoms with Gasteiger partial charge in [0.1, 0.15) is 5.75 Å². The topological polar surface area (TPSA) is 50.4 Å². The predicted octanol–water partition coefficient (Wildman–Crippen LogP) is 1.84. The Labute approximate surface area is 125 Å². The molecule has 0 saturated carbocycles. The first-order valence-electron chi connectivity index (χ1n) is 7.07. The molecule has 2 N–H and O–H groups in total. The Balaban J connectivity index is 0.00000147. The molecule has 0 radical (unpaired) electrons. The molecule has 2 aliphatic rings. The lowest BCUT2D eigenvalue weighted by Gasteiger charge is -2.29. The van der Waals surface area contributed by atoms with Gasteiger partial charge in [-0.3, -0.25) is 4.79 Å². The minimum absolute atomic E-state index is 0. The van der Waals surface area contributed by atoms with Crippen LogP contribution in [0.4, 0.5) is 0 Å². The van der Waals surface area contributed by atoms with E-state index in [4.69, 9.17) is 4.74 Å². The summed E-state index contributed by atoms with van der Waals surface area (Å²) in [6.45, 7) is 2.57. The lowest BCUT2D eigenvalue weighted by molar-refractivity contribution is -0.124. The molecular formula is C15H21ClN2O2. The molecule has 5 heteroatoms. The van der Waals surface area contributed by atoms with Crippen molar-refractivity contribution in [3.63, 3.8) is 0 Å². The molecule has 1 aromatic carbocycles. The SMILES string of the molecule is Cl.O=C(NC1CCCNC1)C1CCOc2ccccc21. The molecule has 3 rings (SSSR count). The zero-order valence-corrected chi connectivity index (χ0v) is 12.2. The standard InChI is InChI=1S/C15H20N2O2.ClH/c18-15(17-11-4-3-8-16-10-11)13-7-9-19-14-6-2-1-5-12(13)14;/h1-2,5-6,11,13,16H,3-4,7-10H2,(H,17,18);1H. The molecule has 20 heavy (non-hydrogen) atoms. The predicted molar refractivity (Wildman–Crippen MR) is 80.6 cm³/mol. The number of fused-ring (bicyclic) bond motifs is 1. The first kappa shape index (κ1) is 15.1. The summed E-state index contributed by atoms with van der Waals surface area (Å²) in [5, 5.41) is 6.50. The summed E-state index contributed by atoms with van der Waals surface area (Å²) in [6, 6.07) is 8.13. The van der Waals surface area contributed by atoms with Gasteiger partial charge in [-0.25, -0.2) is 0 Å². The van der Waals surface area contributed by atoms with Gasteiger partial charge in [-0.1, -0.05) is 18.2 Å². The minimum atomic E-state index is -0.0631. The molecule has 110 valence electrons. The van der Waals surface area contributed by atoms with E-state index < -0.39 is 0 Å². The molecule has 4 nitrogen and oxygen atoms in total. The number of carbonyl (C=O) groups is 1. The van der Waals surface area contributed by atoms with Crippen molar-refractivity contribution in [1.29, 1.82) is 0 Å². The molecule has 1 saturated heterocycles. The number of halogens is 1. The van der Waals surface area contributed by atoms with Gasteiger partial charge in [-0.05, 0) is 31.9 Å². The zero-order chi connectivity index (χ0) is 13.1. The number of ether oxygens (including phenoxy) is 1. The third-order valence-electron chi connectivity index (χ3n) is 3.92. The Hall–Kier alpha value is -1.26. The van der Waals surface area contributed by atoms with Crippen molar-refractivity contribution < 1.29 is 9.53 Å². The van der Waals surface area contributed by atoms with Gasteiger partial charge in [-0.15, -0.1) is 12.4 Å². The maximum Gasteiger partial charge on any atom is 0.228 e.